The zero-order chi connectivity index (χ0) is 10.1. The Bertz CT molecular complexity index is 436. The smallest absolute Gasteiger partial charge is 0.271 e. The van der Waals surface area contributed by atoms with E-state index in [1.807, 2.05) is 6.92 Å². The van der Waals surface area contributed by atoms with Gasteiger partial charge in [0.1, 0.15) is 11.0 Å². The molecule has 0 aliphatic carbocycles. The number of aromatic nitrogens is 4. The molecule has 0 saturated carbocycles. The maximum absolute atomic E-state index is 9.19. The van der Waals surface area contributed by atoms with Crippen molar-refractivity contribution in [2.45, 2.75) is 20.0 Å². The Labute approximate surface area is 83.8 Å². The van der Waals surface area contributed by atoms with Crippen molar-refractivity contribution < 1.29 is 9.63 Å². The second-order valence-corrected chi connectivity index (χ2v) is 3.58. The minimum absolute atomic E-state index is 0.271. The van der Waals surface area contributed by atoms with Gasteiger partial charge in [-0.15, -0.1) is 5.10 Å². The molecule has 0 aromatic carbocycles. The van der Waals surface area contributed by atoms with E-state index in [0.29, 0.717) is 5.89 Å². The molecular formula is C7H8N4O2S. The van der Waals surface area contributed by atoms with E-state index >= 15 is 0 Å². The van der Waals surface area contributed by atoms with Crippen LogP contribution in [0.15, 0.2) is 4.52 Å². The maximum Gasteiger partial charge on any atom is 0.271 e. The third kappa shape index (κ3) is 1.51. The molecule has 2 aromatic heterocycles. The van der Waals surface area contributed by atoms with Gasteiger partial charge in [0.15, 0.2) is 5.82 Å². The summed E-state index contributed by atoms with van der Waals surface area (Å²) < 4.78 is 8.71. The van der Waals surface area contributed by atoms with E-state index in [-0.39, 0.29) is 5.82 Å². The van der Waals surface area contributed by atoms with E-state index in [9.17, 15) is 5.11 Å². The van der Waals surface area contributed by atoms with Crippen LogP contribution in [-0.2, 0) is 0 Å². The number of aliphatic hydroxyl groups is 1. The summed E-state index contributed by atoms with van der Waals surface area (Å²) in [6, 6.07) is 0. The van der Waals surface area contributed by atoms with Crippen LogP contribution in [0.2, 0.25) is 0 Å². The first-order chi connectivity index (χ1) is 6.68. The fraction of sp³-hybridized carbons (Fsp3) is 0.429. The molecule has 2 aromatic rings. The molecule has 1 N–H and O–H groups in total. The fourth-order valence-electron chi connectivity index (χ4n) is 0.925. The number of hydrogen-bond acceptors (Lipinski definition) is 7. The second kappa shape index (κ2) is 3.43. The van der Waals surface area contributed by atoms with Crippen LogP contribution in [0.1, 0.15) is 24.5 Å². The van der Waals surface area contributed by atoms with Crippen LogP contribution < -0.4 is 0 Å². The standard InChI is InChI=1S/C7H8N4O2S/c1-3-5(14-11-9-3)7-8-6(4(2)12)10-13-7/h4,12H,1-2H3. The maximum atomic E-state index is 9.19. The number of rotatable bonds is 2. The molecule has 0 saturated heterocycles. The SMILES string of the molecule is Cc1nnsc1-c1nc(C(C)O)no1. The van der Waals surface area contributed by atoms with E-state index in [2.05, 4.69) is 19.7 Å². The summed E-state index contributed by atoms with van der Waals surface area (Å²) in [6.07, 6.45) is -0.728. The zero-order valence-corrected chi connectivity index (χ0v) is 8.45. The molecule has 1 unspecified atom stereocenters. The molecule has 0 bridgehead atoms. The second-order valence-electron chi connectivity index (χ2n) is 2.82. The summed E-state index contributed by atoms with van der Waals surface area (Å²) in [4.78, 5) is 4.76. The van der Waals surface area contributed by atoms with Gasteiger partial charge in [-0.25, -0.2) is 0 Å². The minimum atomic E-state index is -0.728. The molecule has 0 amide bonds. The lowest BCUT2D eigenvalue weighted by molar-refractivity contribution is 0.184. The fourth-order valence-corrected chi connectivity index (χ4v) is 1.50. The van der Waals surface area contributed by atoms with E-state index in [0.717, 1.165) is 10.6 Å². The molecule has 2 heterocycles. The minimum Gasteiger partial charge on any atom is -0.385 e. The molecule has 7 heteroatoms. The molecule has 1 atom stereocenters. The highest BCUT2D eigenvalue weighted by Gasteiger charge is 2.16. The number of nitrogens with zero attached hydrogens (tertiary/aromatic N) is 4. The van der Waals surface area contributed by atoms with Crippen molar-refractivity contribution in [2.24, 2.45) is 0 Å². The Hall–Kier alpha value is -1.34. The van der Waals surface area contributed by atoms with Crippen LogP contribution in [0, 0.1) is 6.92 Å². The van der Waals surface area contributed by atoms with Crippen molar-refractivity contribution in [3.05, 3.63) is 11.5 Å². The highest BCUT2D eigenvalue weighted by molar-refractivity contribution is 7.09. The molecule has 0 aliphatic rings. The summed E-state index contributed by atoms with van der Waals surface area (Å²) in [6.45, 7) is 3.39. The Kier molecular flexibility index (Phi) is 2.26. The van der Waals surface area contributed by atoms with Crippen LogP contribution in [-0.4, -0.2) is 24.8 Å². The van der Waals surface area contributed by atoms with Gasteiger partial charge in [-0.2, -0.15) is 4.98 Å². The van der Waals surface area contributed by atoms with Crippen LogP contribution in [0.25, 0.3) is 10.8 Å². The molecule has 6 nitrogen and oxygen atoms in total. The third-order valence-electron chi connectivity index (χ3n) is 1.66. The number of aliphatic hydroxyl groups excluding tert-OH is 1. The van der Waals surface area contributed by atoms with Crippen LogP contribution in [0.5, 0.6) is 0 Å². The molecule has 0 spiro atoms. The van der Waals surface area contributed by atoms with Crippen molar-refractivity contribution in [3.63, 3.8) is 0 Å². The zero-order valence-electron chi connectivity index (χ0n) is 7.63. The van der Waals surface area contributed by atoms with Gasteiger partial charge in [0, 0.05) is 0 Å². The molecule has 74 valence electrons. The van der Waals surface area contributed by atoms with E-state index < -0.39 is 6.10 Å². The first-order valence-corrected chi connectivity index (χ1v) is 4.77. The topological polar surface area (TPSA) is 84.9 Å². The van der Waals surface area contributed by atoms with Gasteiger partial charge in [0.2, 0.25) is 0 Å². The van der Waals surface area contributed by atoms with Crippen molar-refractivity contribution >= 4 is 11.5 Å². The predicted molar refractivity (Wildman–Crippen MR) is 48.6 cm³/mol. The molecule has 0 fully saturated rings. The van der Waals surface area contributed by atoms with Gasteiger partial charge < -0.3 is 9.63 Å². The molecule has 0 radical (unpaired) electrons. The molecule has 2 rings (SSSR count). The lowest BCUT2D eigenvalue weighted by Gasteiger charge is -1.91. The quantitative estimate of drug-likeness (QED) is 0.797. The largest absolute Gasteiger partial charge is 0.385 e. The highest BCUT2D eigenvalue weighted by Crippen LogP contribution is 2.24. The van der Waals surface area contributed by atoms with Gasteiger partial charge in [-0.05, 0) is 25.4 Å². The average molecular weight is 212 g/mol. The summed E-state index contributed by atoms with van der Waals surface area (Å²) in [5.41, 5.74) is 0.746. The highest BCUT2D eigenvalue weighted by atomic mass is 32.1. The molecule has 14 heavy (non-hydrogen) atoms. The average Bonchev–Trinajstić information content (AvgIpc) is 2.71. The third-order valence-corrected chi connectivity index (χ3v) is 2.48. The lowest BCUT2D eigenvalue weighted by atomic mass is 10.4. The predicted octanol–water partition coefficient (Wildman–Crippen LogP) is 0.950. The Morgan fingerprint density at radius 1 is 1.50 bits per heavy atom. The normalized spacial score (nSPS) is 13.1. The lowest BCUT2D eigenvalue weighted by Crippen LogP contribution is -1.92. The summed E-state index contributed by atoms with van der Waals surface area (Å²) in [5.74, 6) is 0.626. The Morgan fingerprint density at radius 2 is 2.29 bits per heavy atom. The van der Waals surface area contributed by atoms with Crippen molar-refractivity contribution in [3.8, 4) is 10.8 Å². The number of hydrogen-bond donors (Lipinski definition) is 1. The van der Waals surface area contributed by atoms with Crippen molar-refractivity contribution in [1.29, 1.82) is 0 Å². The summed E-state index contributed by atoms with van der Waals surface area (Å²) in [7, 11) is 0. The Balaban J connectivity index is 2.39. The van der Waals surface area contributed by atoms with Gasteiger partial charge in [-0.1, -0.05) is 9.64 Å². The Morgan fingerprint density at radius 3 is 2.79 bits per heavy atom. The monoisotopic (exact) mass is 212 g/mol. The number of aryl methyl sites for hydroxylation is 1. The van der Waals surface area contributed by atoms with Gasteiger partial charge >= 0.3 is 0 Å². The van der Waals surface area contributed by atoms with Crippen molar-refractivity contribution in [2.75, 3.05) is 0 Å². The summed E-state index contributed by atoms with van der Waals surface area (Å²) in [5, 5.41) is 16.6. The summed E-state index contributed by atoms with van der Waals surface area (Å²) >= 11 is 1.19. The van der Waals surface area contributed by atoms with E-state index in [1.54, 1.807) is 6.92 Å². The van der Waals surface area contributed by atoms with Gasteiger partial charge in [-0.3, -0.25) is 0 Å². The van der Waals surface area contributed by atoms with E-state index in [1.165, 1.54) is 11.5 Å². The molecular weight excluding hydrogens is 204 g/mol. The van der Waals surface area contributed by atoms with Gasteiger partial charge in [0.25, 0.3) is 5.89 Å². The van der Waals surface area contributed by atoms with Crippen molar-refractivity contribution in [1.82, 2.24) is 19.7 Å². The van der Waals surface area contributed by atoms with Gasteiger partial charge in [0.05, 0.1) is 5.69 Å². The van der Waals surface area contributed by atoms with Crippen LogP contribution >= 0.6 is 11.5 Å². The first kappa shape index (κ1) is 9.22. The van der Waals surface area contributed by atoms with E-state index in [4.69, 9.17) is 4.52 Å². The van der Waals surface area contributed by atoms with Crippen LogP contribution in [0.3, 0.4) is 0 Å². The molecule has 0 aliphatic heterocycles. The first-order valence-electron chi connectivity index (χ1n) is 3.99. The van der Waals surface area contributed by atoms with Crippen LogP contribution in [0.4, 0.5) is 0 Å².